The number of carbonyl (C=O) groups excluding carboxylic acids is 1. The van der Waals surface area contributed by atoms with Gasteiger partial charge in [0.05, 0.1) is 12.2 Å². The summed E-state index contributed by atoms with van der Waals surface area (Å²) in [6, 6.07) is 9.81. The summed E-state index contributed by atoms with van der Waals surface area (Å²) in [5.41, 5.74) is 2.92. The Hall–Kier alpha value is -2.10. The number of amides is 1. The molecule has 0 spiro atoms. The van der Waals surface area contributed by atoms with Crippen molar-refractivity contribution in [3.63, 3.8) is 0 Å². The molecule has 0 fully saturated rings. The van der Waals surface area contributed by atoms with Gasteiger partial charge in [-0.1, -0.05) is 38.1 Å². The highest BCUT2D eigenvalue weighted by atomic mass is 127. The number of benzene rings is 1. The third-order valence-corrected chi connectivity index (χ3v) is 4.81. The number of hydrogen-bond donors (Lipinski definition) is 3. The number of hydrogen-bond acceptors (Lipinski definition) is 4. The van der Waals surface area contributed by atoms with Crippen molar-refractivity contribution in [1.82, 2.24) is 15.8 Å². The summed E-state index contributed by atoms with van der Waals surface area (Å²) in [7, 11) is 1.73. The summed E-state index contributed by atoms with van der Waals surface area (Å²) >= 11 is 0. The van der Waals surface area contributed by atoms with Crippen LogP contribution in [0.1, 0.15) is 69.4 Å². The molecule has 0 atom stereocenters. The monoisotopic (exact) mass is 527 g/mol. The third kappa shape index (κ3) is 8.33. The van der Waals surface area contributed by atoms with E-state index in [0.717, 1.165) is 42.0 Å². The van der Waals surface area contributed by atoms with Crippen molar-refractivity contribution >= 4 is 41.5 Å². The van der Waals surface area contributed by atoms with E-state index in [4.69, 9.17) is 4.52 Å². The van der Waals surface area contributed by atoms with Gasteiger partial charge < -0.3 is 20.5 Å². The van der Waals surface area contributed by atoms with Gasteiger partial charge in [0.2, 0.25) is 5.91 Å². The number of halogens is 1. The summed E-state index contributed by atoms with van der Waals surface area (Å²) < 4.78 is 5.44. The van der Waals surface area contributed by atoms with Crippen LogP contribution in [0.2, 0.25) is 0 Å². The number of rotatable bonds is 10. The maximum absolute atomic E-state index is 11.7. The van der Waals surface area contributed by atoms with Crippen molar-refractivity contribution < 1.29 is 9.32 Å². The highest BCUT2D eigenvalue weighted by Crippen LogP contribution is 2.22. The fourth-order valence-corrected chi connectivity index (χ4v) is 3.05. The van der Waals surface area contributed by atoms with Gasteiger partial charge in [-0.15, -0.1) is 24.0 Å². The predicted octanol–water partition coefficient (Wildman–Crippen LogP) is 4.80. The fraction of sp³-hybridized carbons (Fsp3) is 0.500. The molecule has 1 amide bonds. The van der Waals surface area contributed by atoms with Crippen LogP contribution in [-0.4, -0.2) is 24.1 Å². The lowest BCUT2D eigenvalue weighted by molar-refractivity contribution is -0.116. The molecule has 30 heavy (non-hydrogen) atoms. The second-order valence-electron chi connectivity index (χ2n) is 7.01. The first-order valence-electron chi connectivity index (χ1n) is 10.4. The molecule has 0 saturated carbocycles. The van der Waals surface area contributed by atoms with Gasteiger partial charge in [0.1, 0.15) is 0 Å². The zero-order chi connectivity index (χ0) is 21.1. The number of aromatic nitrogens is 1. The number of aliphatic imine (C=N–C) groups is 1. The first-order valence-corrected chi connectivity index (χ1v) is 10.4. The van der Waals surface area contributed by atoms with Gasteiger partial charge in [-0.3, -0.25) is 9.79 Å². The highest BCUT2D eigenvalue weighted by Gasteiger charge is 2.13. The molecule has 7 nitrogen and oxygen atoms in total. The molecule has 0 saturated heterocycles. The number of carbonyl (C=O) groups is 1. The van der Waals surface area contributed by atoms with Gasteiger partial charge in [-0.2, -0.15) is 0 Å². The molecule has 166 valence electrons. The maximum Gasteiger partial charge on any atom is 0.224 e. The van der Waals surface area contributed by atoms with Crippen molar-refractivity contribution in [3.05, 3.63) is 47.3 Å². The second-order valence-corrected chi connectivity index (χ2v) is 7.01. The van der Waals surface area contributed by atoms with Crippen molar-refractivity contribution in [1.29, 1.82) is 0 Å². The Balaban J connectivity index is 0.00000450. The number of nitrogens with one attached hydrogen (secondary N) is 3. The largest absolute Gasteiger partial charge is 0.359 e. The molecule has 1 aromatic heterocycles. The Morgan fingerprint density at radius 3 is 2.37 bits per heavy atom. The molecule has 0 unspecified atom stereocenters. The summed E-state index contributed by atoms with van der Waals surface area (Å²) in [6.07, 6.45) is 3.49. The zero-order valence-electron chi connectivity index (χ0n) is 18.3. The Bertz CT molecular complexity index is 785. The molecule has 8 heteroatoms. The minimum atomic E-state index is 0. The minimum Gasteiger partial charge on any atom is -0.359 e. The molecule has 0 aliphatic rings. The maximum atomic E-state index is 11.7. The van der Waals surface area contributed by atoms with Crippen LogP contribution >= 0.6 is 24.0 Å². The van der Waals surface area contributed by atoms with Crippen molar-refractivity contribution in [2.45, 2.75) is 65.5 Å². The molecular formula is C22H34IN5O2. The molecule has 3 N–H and O–H groups in total. The van der Waals surface area contributed by atoms with Crippen LogP contribution in [0, 0.1) is 0 Å². The van der Waals surface area contributed by atoms with E-state index in [2.05, 4.69) is 39.9 Å². The zero-order valence-corrected chi connectivity index (χ0v) is 20.7. The predicted molar refractivity (Wildman–Crippen MR) is 132 cm³/mol. The average molecular weight is 527 g/mol. The summed E-state index contributed by atoms with van der Waals surface area (Å²) in [6.45, 7) is 7.47. The van der Waals surface area contributed by atoms with Gasteiger partial charge in [0, 0.05) is 37.7 Å². The molecule has 0 aliphatic carbocycles. The molecule has 2 rings (SSSR count). The highest BCUT2D eigenvalue weighted by molar-refractivity contribution is 14.0. The molecular weight excluding hydrogens is 493 g/mol. The van der Waals surface area contributed by atoms with Crippen LogP contribution < -0.4 is 16.0 Å². The van der Waals surface area contributed by atoms with E-state index in [1.165, 1.54) is 0 Å². The molecule has 1 heterocycles. The summed E-state index contributed by atoms with van der Waals surface area (Å²) in [5, 5.41) is 13.6. The average Bonchev–Trinajstić information content (AvgIpc) is 3.19. The van der Waals surface area contributed by atoms with Gasteiger partial charge in [0.15, 0.2) is 11.7 Å². The SMILES string of the molecule is CCCC(=O)Nc1ccc(CNC(=NC)NCc2cc(C(CC)CC)no2)cc1.I. The van der Waals surface area contributed by atoms with Crippen LogP contribution in [0.15, 0.2) is 39.8 Å². The molecule has 0 bridgehead atoms. The summed E-state index contributed by atoms with van der Waals surface area (Å²) in [4.78, 5) is 15.9. The van der Waals surface area contributed by atoms with E-state index in [1.54, 1.807) is 7.05 Å². The standard InChI is InChI=1S/C22H33N5O2.HI/c1-5-8-21(28)26-18-11-9-16(10-12-18)14-24-22(23-4)25-15-19-13-20(27-29-19)17(6-2)7-3;/h9-13,17H,5-8,14-15H2,1-4H3,(H,26,28)(H2,23,24,25);1H. The van der Waals surface area contributed by atoms with E-state index in [-0.39, 0.29) is 29.9 Å². The first kappa shape index (κ1) is 25.9. The van der Waals surface area contributed by atoms with Crippen LogP contribution in [0.25, 0.3) is 0 Å². The number of guanidine groups is 1. The van der Waals surface area contributed by atoms with E-state index in [1.807, 2.05) is 37.3 Å². The van der Waals surface area contributed by atoms with E-state index in [0.29, 0.717) is 31.4 Å². The topological polar surface area (TPSA) is 91.5 Å². The van der Waals surface area contributed by atoms with Gasteiger partial charge in [-0.05, 0) is 37.0 Å². The number of anilines is 1. The van der Waals surface area contributed by atoms with Crippen molar-refractivity contribution in [2.75, 3.05) is 12.4 Å². The lowest BCUT2D eigenvalue weighted by Crippen LogP contribution is -2.36. The Morgan fingerprint density at radius 1 is 1.10 bits per heavy atom. The van der Waals surface area contributed by atoms with Crippen LogP contribution in [0.3, 0.4) is 0 Å². The summed E-state index contributed by atoms with van der Waals surface area (Å²) in [5.74, 6) is 1.97. The normalized spacial score (nSPS) is 11.2. The van der Waals surface area contributed by atoms with E-state index < -0.39 is 0 Å². The number of nitrogens with zero attached hydrogens (tertiary/aromatic N) is 2. The Morgan fingerprint density at radius 2 is 1.77 bits per heavy atom. The van der Waals surface area contributed by atoms with E-state index in [9.17, 15) is 4.79 Å². The van der Waals surface area contributed by atoms with Gasteiger partial charge in [-0.25, -0.2) is 0 Å². The quantitative estimate of drug-likeness (QED) is 0.235. The van der Waals surface area contributed by atoms with Crippen LogP contribution in [0.4, 0.5) is 5.69 Å². The smallest absolute Gasteiger partial charge is 0.224 e. The van der Waals surface area contributed by atoms with Crippen molar-refractivity contribution in [3.8, 4) is 0 Å². The van der Waals surface area contributed by atoms with Crippen LogP contribution in [-0.2, 0) is 17.9 Å². The third-order valence-electron chi connectivity index (χ3n) is 4.81. The second kappa shape index (κ2) is 14.0. The molecule has 2 aromatic rings. The van der Waals surface area contributed by atoms with Crippen molar-refractivity contribution in [2.24, 2.45) is 4.99 Å². The molecule has 0 radical (unpaired) electrons. The van der Waals surface area contributed by atoms with Crippen LogP contribution in [0.5, 0.6) is 0 Å². The van der Waals surface area contributed by atoms with E-state index >= 15 is 0 Å². The van der Waals surface area contributed by atoms with Gasteiger partial charge in [0.25, 0.3) is 0 Å². The Kier molecular flexibility index (Phi) is 12.1. The lowest BCUT2D eigenvalue weighted by Gasteiger charge is -2.11. The minimum absolute atomic E-state index is 0. The lowest BCUT2D eigenvalue weighted by atomic mass is 9.99. The molecule has 0 aliphatic heterocycles. The first-order chi connectivity index (χ1) is 14.1. The molecule has 1 aromatic carbocycles. The van der Waals surface area contributed by atoms with Gasteiger partial charge >= 0.3 is 0 Å². The fourth-order valence-electron chi connectivity index (χ4n) is 3.05. The Labute approximate surface area is 196 Å².